The average Bonchev–Trinajstić information content (AvgIpc) is 3.11. The van der Waals surface area contributed by atoms with E-state index in [1.54, 1.807) is 0 Å². The molecule has 0 amide bonds. The molecule has 2 aromatic rings. The summed E-state index contributed by atoms with van der Waals surface area (Å²) in [7, 11) is 2.27. The molecule has 0 N–H and O–H groups in total. The Kier molecular flexibility index (Phi) is 3.94. The normalized spacial score (nSPS) is 30.7. The molecule has 122 valence electrons. The first-order chi connectivity index (χ1) is 11.2. The van der Waals surface area contributed by atoms with Gasteiger partial charge in [-0.3, -0.25) is 4.90 Å². The monoisotopic (exact) mass is 330 g/mol. The van der Waals surface area contributed by atoms with Crippen LogP contribution in [0, 0.1) is 0 Å². The fourth-order valence-corrected chi connectivity index (χ4v) is 4.69. The van der Waals surface area contributed by atoms with Gasteiger partial charge in [-0.15, -0.1) is 0 Å². The number of nitrogens with zero attached hydrogens (tertiary/aromatic N) is 2. The lowest BCUT2D eigenvalue weighted by Crippen LogP contribution is -2.44. The summed E-state index contributed by atoms with van der Waals surface area (Å²) in [6.07, 6.45) is 4.64. The van der Waals surface area contributed by atoms with E-state index in [2.05, 4.69) is 42.2 Å². The first kappa shape index (κ1) is 15.2. The maximum absolute atomic E-state index is 6.08. The molecule has 3 heterocycles. The molecule has 3 nitrogen and oxygen atoms in total. The lowest BCUT2D eigenvalue weighted by molar-refractivity contribution is 0.122. The van der Waals surface area contributed by atoms with E-state index in [9.17, 15) is 0 Å². The molecule has 1 aromatic heterocycles. The van der Waals surface area contributed by atoms with E-state index in [0.29, 0.717) is 23.9 Å². The third-order valence-electron chi connectivity index (χ3n) is 5.83. The Morgan fingerprint density at radius 1 is 1.26 bits per heavy atom. The number of fused-ring (bicyclic) bond motifs is 2. The summed E-state index contributed by atoms with van der Waals surface area (Å²) in [5, 5.41) is 5.04. The molecule has 2 aliphatic heterocycles. The quantitative estimate of drug-likeness (QED) is 0.822. The maximum Gasteiger partial charge on any atom is 0.142 e. The summed E-state index contributed by atoms with van der Waals surface area (Å²) >= 11 is 6.08. The Morgan fingerprint density at radius 3 is 2.74 bits per heavy atom. The van der Waals surface area contributed by atoms with Crippen LogP contribution in [0.4, 0.5) is 0 Å². The van der Waals surface area contributed by atoms with Crippen molar-refractivity contribution >= 4 is 11.6 Å². The lowest BCUT2D eigenvalue weighted by Gasteiger charge is -2.42. The molecule has 0 radical (unpaired) electrons. The van der Waals surface area contributed by atoms with Crippen LogP contribution >= 0.6 is 11.6 Å². The van der Waals surface area contributed by atoms with Crippen LogP contribution in [0.2, 0.25) is 5.02 Å². The van der Waals surface area contributed by atoms with Crippen molar-refractivity contribution in [2.45, 2.75) is 56.5 Å². The number of halogens is 1. The molecule has 4 heteroatoms. The Hall–Kier alpha value is -1.32. The highest BCUT2D eigenvalue weighted by Crippen LogP contribution is 2.51. The first-order valence-corrected chi connectivity index (χ1v) is 8.98. The number of rotatable bonds is 3. The highest BCUT2D eigenvalue weighted by Gasteiger charge is 2.48. The fourth-order valence-electron chi connectivity index (χ4n) is 4.56. The van der Waals surface area contributed by atoms with Crippen LogP contribution in [-0.4, -0.2) is 29.2 Å². The number of benzene rings is 1. The minimum Gasteiger partial charge on any atom is -0.361 e. The Labute approximate surface area is 142 Å². The van der Waals surface area contributed by atoms with Gasteiger partial charge < -0.3 is 4.52 Å². The molecule has 0 saturated carbocycles. The second-order valence-corrected chi connectivity index (χ2v) is 7.39. The number of hydrogen-bond donors (Lipinski definition) is 0. The van der Waals surface area contributed by atoms with Crippen molar-refractivity contribution in [2.24, 2.45) is 0 Å². The van der Waals surface area contributed by atoms with Gasteiger partial charge in [-0.25, -0.2) is 0 Å². The minimum atomic E-state index is 0.382. The van der Waals surface area contributed by atoms with Gasteiger partial charge in [0.2, 0.25) is 0 Å². The largest absolute Gasteiger partial charge is 0.361 e. The summed E-state index contributed by atoms with van der Waals surface area (Å²) < 4.78 is 5.77. The van der Waals surface area contributed by atoms with E-state index < -0.39 is 0 Å². The number of aromatic nitrogens is 1. The molecule has 2 bridgehead atoms. The summed E-state index contributed by atoms with van der Waals surface area (Å²) in [5.74, 6) is 1.92. The molecule has 2 fully saturated rings. The van der Waals surface area contributed by atoms with Gasteiger partial charge in [-0.1, -0.05) is 35.8 Å². The van der Waals surface area contributed by atoms with Gasteiger partial charge in [-0.2, -0.15) is 0 Å². The van der Waals surface area contributed by atoms with Crippen molar-refractivity contribution in [3.05, 3.63) is 52.4 Å². The zero-order chi connectivity index (χ0) is 16.0. The molecule has 0 spiro atoms. The van der Waals surface area contributed by atoms with E-state index in [-0.39, 0.29) is 0 Å². The zero-order valence-electron chi connectivity index (χ0n) is 13.7. The average molecular weight is 331 g/mol. The van der Waals surface area contributed by atoms with Gasteiger partial charge >= 0.3 is 0 Å². The molecule has 23 heavy (non-hydrogen) atoms. The lowest BCUT2D eigenvalue weighted by atomic mass is 9.75. The van der Waals surface area contributed by atoms with Crippen molar-refractivity contribution < 1.29 is 4.52 Å². The standard InChI is InChI=1S/C19H23ClN2O/c1-3-14-10-18(23-21-14)19-16(12-4-6-13(20)7-5-12)11-15-8-9-17(19)22(15)2/h4-7,10,15-17,19H,3,8-9,11H2,1-2H3/t15-,16?,17?,19+/m1/s1. The van der Waals surface area contributed by atoms with Crippen LogP contribution < -0.4 is 0 Å². The minimum absolute atomic E-state index is 0.382. The van der Waals surface area contributed by atoms with E-state index in [1.807, 2.05) is 12.1 Å². The van der Waals surface area contributed by atoms with Crippen LogP contribution in [0.15, 0.2) is 34.9 Å². The highest BCUT2D eigenvalue weighted by atomic mass is 35.5. The van der Waals surface area contributed by atoms with E-state index in [0.717, 1.165) is 22.9 Å². The third kappa shape index (κ3) is 2.60. The van der Waals surface area contributed by atoms with Crippen molar-refractivity contribution in [3.63, 3.8) is 0 Å². The fraction of sp³-hybridized carbons (Fsp3) is 0.526. The van der Waals surface area contributed by atoms with Crippen molar-refractivity contribution in [2.75, 3.05) is 7.05 Å². The molecule has 0 aliphatic carbocycles. The van der Waals surface area contributed by atoms with Gasteiger partial charge in [0.1, 0.15) is 5.76 Å². The van der Waals surface area contributed by atoms with Crippen LogP contribution in [0.25, 0.3) is 0 Å². The molecule has 4 rings (SSSR count). The first-order valence-electron chi connectivity index (χ1n) is 8.60. The second kappa shape index (κ2) is 5.95. The SMILES string of the molecule is CCc1cc([C@H]2C(c3ccc(Cl)cc3)C[C@H]3CCC2N3C)on1. The number of hydrogen-bond acceptors (Lipinski definition) is 3. The second-order valence-electron chi connectivity index (χ2n) is 6.96. The highest BCUT2D eigenvalue weighted by molar-refractivity contribution is 6.30. The predicted molar refractivity (Wildman–Crippen MR) is 92.0 cm³/mol. The molecule has 1 aromatic carbocycles. The van der Waals surface area contributed by atoms with Crippen molar-refractivity contribution in [1.29, 1.82) is 0 Å². The molecule has 4 atom stereocenters. The summed E-state index contributed by atoms with van der Waals surface area (Å²) in [6, 6.07) is 11.8. The zero-order valence-corrected chi connectivity index (χ0v) is 14.5. The van der Waals surface area contributed by atoms with Gasteiger partial charge in [-0.05, 0) is 56.3 Å². The van der Waals surface area contributed by atoms with Crippen molar-refractivity contribution in [1.82, 2.24) is 10.1 Å². The van der Waals surface area contributed by atoms with Crippen LogP contribution in [-0.2, 0) is 6.42 Å². The van der Waals surface area contributed by atoms with Crippen LogP contribution in [0.5, 0.6) is 0 Å². The summed E-state index contributed by atoms with van der Waals surface area (Å²) in [4.78, 5) is 2.56. The summed E-state index contributed by atoms with van der Waals surface area (Å²) in [5.41, 5.74) is 2.43. The number of aryl methyl sites for hydroxylation is 1. The Morgan fingerprint density at radius 2 is 2.04 bits per heavy atom. The molecule has 2 saturated heterocycles. The van der Waals surface area contributed by atoms with Crippen LogP contribution in [0.1, 0.15) is 55.0 Å². The molecular weight excluding hydrogens is 308 g/mol. The number of likely N-dealkylation sites (N-methyl/N-ethyl adjacent to an activating group) is 1. The summed E-state index contributed by atoms with van der Waals surface area (Å²) in [6.45, 7) is 2.12. The van der Waals surface area contributed by atoms with Gasteiger partial charge in [0, 0.05) is 29.1 Å². The molecule has 2 aliphatic rings. The smallest absolute Gasteiger partial charge is 0.142 e. The van der Waals surface area contributed by atoms with Gasteiger partial charge in [0.25, 0.3) is 0 Å². The predicted octanol–water partition coefficient (Wildman–Crippen LogP) is 4.62. The van der Waals surface area contributed by atoms with Gasteiger partial charge in [0.15, 0.2) is 0 Å². The number of piperidine rings is 1. The molecular formula is C19H23ClN2O. The Balaban J connectivity index is 1.74. The van der Waals surface area contributed by atoms with Crippen LogP contribution in [0.3, 0.4) is 0 Å². The van der Waals surface area contributed by atoms with E-state index in [4.69, 9.17) is 16.1 Å². The maximum atomic E-state index is 6.08. The van der Waals surface area contributed by atoms with E-state index >= 15 is 0 Å². The van der Waals surface area contributed by atoms with E-state index in [1.165, 1.54) is 24.8 Å². The topological polar surface area (TPSA) is 29.3 Å². The Bertz CT molecular complexity index is 681. The van der Waals surface area contributed by atoms with Crippen molar-refractivity contribution in [3.8, 4) is 0 Å². The molecule has 2 unspecified atom stereocenters. The van der Waals surface area contributed by atoms with Gasteiger partial charge in [0.05, 0.1) is 5.69 Å². The third-order valence-corrected chi connectivity index (χ3v) is 6.09.